The van der Waals surface area contributed by atoms with Gasteiger partial charge in [-0.25, -0.2) is 9.59 Å². The average Bonchev–Trinajstić information content (AvgIpc) is 2.97. The quantitative estimate of drug-likeness (QED) is 0.805. The van der Waals surface area contributed by atoms with Gasteiger partial charge in [-0.3, -0.25) is 0 Å². The first-order chi connectivity index (χ1) is 8.11. The summed E-state index contributed by atoms with van der Waals surface area (Å²) in [5.41, 5.74) is 0. The number of carbonyl (C=O) groups excluding carboxylic acids is 1. The van der Waals surface area contributed by atoms with Crippen LogP contribution in [0.2, 0.25) is 0 Å². The topological polar surface area (TPSA) is 60.9 Å². The maximum Gasteiger partial charge on any atom is 0.326 e. The van der Waals surface area contributed by atoms with E-state index in [4.69, 9.17) is 5.11 Å². The molecule has 0 aromatic rings. The number of thioether (sulfide) groups is 1. The first-order valence-electron chi connectivity index (χ1n) is 5.95. The minimum absolute atomic E-state index is 0.123. The van der Waals surface area contributed by atoms with E-state index in [0.29, 0.717) is 13.0 Å². The van der Waals surface area contributed by atoms with Crippen LogP contribution in [0, 0.1) is 0 Å². The van der Waals surface area contributed by atoms with Crippen LogP contribution in [0.4, 0.5) is 4.79 Å². The van der Waals surface area contributed by atoms with E-state index in [0.717, 1.165) is 24.3 Å². The molecule has 2 heterocycles. The molecular formula is C11H18N2O3S. The summed E-state index contributed by atoms with van der Waals surface area (Å²) in [6, 6.07) is -0.482. The normalized spacial score (nSPS) is 28.4. The second-order valence-electron chi connectivity index (χ2n) is 4.60. The summed E-state index contributed by atoms with van der Waals surface area (Å²) >= 11 is 1.85. The number of amides is 2. The summed E-state index contributed by atoms with van der Waals surface area (Å²) in [4.78, 5) is 26.5. The minimum atomic E-state index is -0.884. The molecule has 2 saturated heterocycles. The van der Waals surface area contributed by atoms with E-state index >= 15 is 0 Å². The van der Waals surface area contributed by atoms with Crippen LogP contribution < -0.4 is 0 Å². The number of carboxylic acid groups (broad SMARTS) is 1. The summed E-state index contributed by atoms with van der Waals surface area (Å²) in [6.45, 7) is 0.569. The van der Waals surface area contributed by atoms with Crippen molar-refractivity contribution in [3.05, 3.63) is 0 Å². The summed E-state index contributed by atoms with van der Waals surface area (Å²) in [6.07, 6.45) is 2.38. The van der Waals surface area contributed by atoms with Crippen LogP contribution in [0.15, 0.2) is 0 Å². The van der Waals surface area contributed by atoms with Gasteiger partial charge in [-0.15, -0.1) is 0 Å². The highest BCUT2D eigenvalue weighted by molar-refractivity contribution is 7.99. The molecule has 2 aliphatic rings. The lowest BCUT2D eigenvalue weighted by Gasteiger charge is -2.31. The molecule has 6 heteroatoms. The Balaban J connectivity index is 2.00. The van der Waals surface area contributed by atoms with E-state index in [1.807, 2.05) is 11.8 Å². The molecule has 2 aliphatic heterocycles. The number of likely N-dealkylation sites (tertiary alicyclic amines) is 1. The lowest BCUT2D eigenvalue weighted by atomic mass is 10.2. The van der Waals surface area contributed by atoms with Crippen LogP contribution >= 0.6 is 11.8 Å². The standard InChI is InChI=1S/C11H18N2O3S/c1-12(8-4-6-17-7-8)11(16)13-5-2-3-9(13)10(14)15/h8-9H,2-7H2,1H3,(H,14,15)/t8?,9-/m0/s1. The fourth-order valence-electron chi connectivity index (χ4n) is 2.44. The Morgan fingerprint density at radius 3 is 2.76 bits per heavy atom. The molecule has 0 aromatic carbocycles. The highest BCUT2D eigenvalue weighted by Crippen LogP contribution is 2.25. The third-order valence-electron chi connectivity index (χ3n) is 3.54. The second-order valence-corrected chi connectivity index (χ2v) is 5.75. The van der Waals surface area contributed by atoms with Gasteiger partial charge in [-0.2, -0.15) is 11.8 Å². The Morgan fingerprint density at radius 1 is 1.41 bits per heavy atom. The SMILES string of the molecule is CN(C(=O)N1CCC[C@H]1C(=O)O)C1CCSC1. The van der Waals surface area contributed by atoms with E-state index in [1.54, 1.807) is 11.9 Å². The van der Waals surface area contributed by atoms with E-state index in [1.165, 1.54) is 4.90 Å². The fourth-order valence-corrected chi connectivity index (χ4v) is 3.71. The Morgan fingerprint density at radius 2 is 2.18 bits per heavy atom. The average molecular weight is 258 g/mol. The highest BCUT2D eigenvalue weighted by atomic mass is 32.2. The third kappa shape index (κ3) is 2.51. The lowest BCUT2D eigenvalue weighted by molar-refractivity contribution is -0.141. The van der Waals surface area contributed by atoms with Gasteiger partial charge in [0.25, 0.3) is 0 Å². The van der Waals surface area contributed by atoms with E-state index in [9.17, 15) is 9.59 Å². The van der Waals surface area contributed by atoms with Crippen molar-refractivity contribution < 1.29 is 14.7 Å². The number of carbonyl (C=O) groups is 2. The predicted octanol–water partition coefficient (Wildman–Crippen LogP) is 1.09. The van der Waals surface area contributed by atoms with Crippen molar-refractivity contribution in [2.45, 2.75) is 31.3 Å². The molecule has 5 nitrogen and oxygen atoms in total. The molecule has 0 saturated carbocycles. The predicted molar refractivity (Wildman–Crippen MR) is 66.3 cm³/mol. The zero-order valence-electron chi connectivity index (χ0n) is 9.96. The third-order valence-corrected chi connectivity index (χ3v) is 4.68. The van der Waals surface area contributed by atoms with E-state index in [2.05, 4.69) is 0 Å². The summed E-state index contributed by atoms with van der Waals surface area (Å²) < 4.78 is 0. The van der Waals surface area contributed by atoms with Gasteiger partial charge in [0, 0.05) is 25.4 Å². The summed E-state index contributed by atoms with van der Waals surface area (Å²) in [5, 5.41) is 9.06. The molecular weight excluding hydrogens is 240 g/mol. The van der Waals surface area contributed by atoms with Crippen molar-refractivity contribution in [1.29, 1.82) is 0 Å². The fraction of sp³-hybridized carbons (Fsp3) is 0.818. The van der Waals surface area contributed by atoms with Crippen molar-refractivity contribution in [2.24, 2.45) is 0 Å². The molecule has 1 N–H and O–H groups in total. The zero-order chi connectivity index (χ0) is 12.4. The molecule has 0 aromatic heterocycles. The number of nitrogens with zero attached hydrogens (tertiary/aromatic N) is 2. The maximum atomic E-state index is 12.2. The van der Waals surface area contributed by atoms with E-state index in [-0.39, 0.29) is 12.1 Å². The lowest BCUT2D eigenvalue weighted by Crippen LogP contribution is -2.49. The molecule has 2 amide bonds. The van der Waals surface area contributed by atoms with Crippen LogP contribution in [-0.4, -0.2) is 64.1 Å². The highest BCUT2D eigenvalue weighted by Gasteiger charge is 2.37. The van der Waals surface area contributed by atoms with Crippen molar-refractivity contribution in [3.63, 3.8) is 0 Å². The Labute approximate surface area is 105 Å². The van der Waals surface area contributed by atoms with E-state index < -0.39 is 12.0 Å². The van der Waals surface area contributed by atoms with Gasteiger partial charge < -0.3 is 14.9 Å². The number of rotatable bonds is 2. The largest absolute Gasteiger partial charge is 0.480 e. The number of urea groups is 1. The molecule has 0 spiro atoms. The van der Waals surface area contributed by atoms with Crippen LogP contribution in [0.3, 0.4) is 0 Å². The van der Waals surface area contributed by atoms with Gasteiger partial charge in [0.15, 0.2) is 0 Å². The Kier molecular flexibility index (Phi) is 3.81. The second kappa shape index (κ2) is 5.16. The molecule has 2 fully saturated rings. The molecule has 0 bridgehead atoms. The van der Waals surface area contributed by atoms with Gasteiger partial charge in [-0.1, -0.05) is 0 Å². The number of aliphatic carboxylic acids is 1. The Hall–Kier alpha value is -0.910. The van der Waals surface area contributed by atoms with Gasteiger partial charge >= 0.3 is 12.0 Å². The van der Waals surface area contributed by atoms with Crippen molar-refractivity contribution in [3.8, 4) is 0 Å². The van der Waals surface area contributed by atoms with Crippen molar-refractivity contribution in [2.75, 3.05) is 25.1 Å². The maximum absolute atomic E-state index is 12.2. The van der Waals surface area contributed by atoms with Crippen LogP contribution in [0.1, 0.15) is 19.3 Å². The molecule has 0 aliphatic carbocycles. The first-order valence-corrected chi connectivity index (χ1v) is 7.10. The van der Waals surface area contributed by atoms with Gasteiger partial charge in [-0.05, 0) is 25.0 Å². The van der Waals surface area contributed by atoms with Gasteiger partial charge in [0.1, 0.15) is 6.04 Å². The molecule has 96 valence electrons. The number of hydrogen-bond donors (Lipinski definition) is 1. The number of hydrogen-bond acceptors (Lipinski definition) is 3. The van der Waals surface area contributed by atoms with Gasteiger partial charge in [0.2, 0.25) is 0 Å². The summed E-state index contributed by atoms with van der Waals surface area (Å²) in [7, 11) is 1.79. The van der Waals surface area contributed by atoms with Crippen LogP contribution in [0.5, 0.6) is 0 Å². The first kappa shape index (κ1) is 12.5. The zero-order valence-corrected chi connectivity index (χ0v) is 10.8. The molecule has 0 radical (unpaired) electrons. The van der Waals surface area contributed by atoms with Crippen molar-refractivity contribution in [1.82, 2.24) is 9.80 Å². The number of carboxylic acids is 1. The molecule has 17 heavy (non-hydrogen) atoms. The molecule has 1 unspecified atom stereocenters. The Bertz CT molecular complexity index is 318. The summed E-state index contributed by atoms with van der Waals surface area (Å²) in [5.74, 6) is 1.17. The minimum Gasteiger partial charge on any atom is -0.480 e. The van der Waals surface area contributed by atoms with Gasteiger partial charge in [0.05, 0.1) is 0 Å². The molecule has 2 rings (SSSR count). The molecule has 2 atom stereocenters. The smallest absolute Gasteiger partial charge is 0.326 e. The van der Waals surface area contributed by atoms with Crippen molar-refractivity contribution >= 4 is 23.8 Å². The van der Waals surface area contributed by atoms with Crippen LogP contribution in [0.25, 0.3) is 0 Å². The monoisotopic (exact) mass is 258 g/mol. The van der Waals surface area contributed by atoms with Crippen LogP contribution in [-0.2, 0) is 4.79 Å².